The molecule has 2 aromatic carbocycles. The first-order valence-corrected chi connectivity index (χ1v) is 9.16. The lowest BCUT2D eigenvalue weighted by Crippen LogP contribution is -2.28. The Morgan fingerprint density at radius 1 is 1.11 bits per heavy atom. The standard InChI is InChI=1S/C21H22N4O2/c1-27-17-10-8-16(9-11-17)14-22-25-20(15-24-12-4-5-13-24)23-19-7-3-2-6-18(19)21(25)26/h2-3,6-11,14H,4-5,12-13,15H2,1H3/b22-14+. The van der Waals surface area contributed by atoms with Gasteiger partial charge in [-0.05, 0) is 67.9 Å². The monoisotopic (exact) mass is 362 g/mol. The molecule has 0 bridgehead atoms. The molecule has 0 radical (unpaired) electrons. The minimum atomic E-state index is -0.139. The van der Waals surface area contributed by atoms with E-state index in [2.05, 4.69) is 10.0 Å². The van der Waals surface area contributed by atoms with Crippen molar-refractivity contribution in [3.63, 3.8) is 0 Å². The molecule has 1 fully saturated rings. The van der Waals surface area contributed by atoms with E-state index in [-0.39, 0.29) is 5.56 Å². The van der Waals surface area contributed by atoms with Gasteiger partial charge in [0, 0.05) is 0 Å². The quantitative estimate of drug-likeness (QED) is 0.655. The van der Waals surface area contributed by atoms with E-state index in [1.54, 1.807) is 19.4 Å². The minimum Gasteiger partial charge on any atom is -0.497 e. The number of likely N-dealkylation sites (tertiary alicyclic amines) is 1. The van der Waals surface area contributed by atoms with Gasteiger partial charge in [-0.2, -0.15) is 9.78 Å². The molecule has 0 aliphatic carbocycles. The molecule has 1 aromatic heterocycles. The van der Waals surface area contributed by atoms with Crippen LogP contribution in [0, 0.1) is 0 Å². The molecule has 0 amide bonds. The molecule has 6 heteroatoms. The molecule has 2 heterocycles. The van der Waals surface area contributed by atoms with E-state index in [1.807, 2.05) is 42.5 Å². The van der Waals surface area contributed by atoms with Crippen molar-refractivity contribution in [3.05, 3.63) is 70.3 Å². The molecule has 138 valence electrons. The van der Waals surface area contributed by atoms with Crippen molar-refractivity contribution in [3.8, 4) is 5.75 Å². The average molecular weight is 362 g/mol. The van der Waals surface area contributed by atoms with E-state index in [0.717, 1.165) is 24.4 Å². The Morgan fingerprint density at radius 3 is 2.59 bits per heavy atom. The molecule has 0 saturated carbocycles. The highest BCUT2D eigenvalue weighted by atomic mass is 16.5. The molecule has 27 heavy (non-hydrogen) atoms. The number of aromatic nitrogens is 2. The van der Waals surface area contributed by atoms with Gasteiger partial charge in [0.05, 0.1) is 30.8 Å². The Bertz CT molecular complexity index is 1020. The summed E-state index contributed by atoms with van der Waals surface area (Å²) in [6.07, 6.45) is 4.06. The molecule has 1 aliphatic rings. The second-order valence-corrected chi connectivity index (χ2v) is 6.66. The van der Waals surface area contributed by atoms with Crippen molar-refractivity contribution in [2.45, 2.75) is 19.4 Å². The average Bonchev–Trinajstić information content (AvgIpc) is 3.21. The zero-order valence-electron chi connectivity index (χ0n) is 15.3. The molecular formula is C21H22N4O2. The van der Waals surface area contributed by atoms with Gasteiger partial charge in [0.2, 0.25) is 0 Å². The number of hydrogen-bond donors (Lipinski definition) is 0. The summed E-state index contributed by atoms with van der Waals surface area (Å²) in [4.78, 5) is 20.1. The Hall–Kier alpha value is -2.99. The minimum absolute atomic E-state index is 0.139. The van der Waals surface area contributed by atoms with Crippen molar-refractivity contribution in [1.29, 1.82) is 0 Å². The van der Waals surface area contributed by atoms with E-state index in [4.69, 9.17) is 9.72 Å². The summed E-state index contributed by atoms with van der Waals surface area (Å²) < 4.78 is 6.61. The summed E-state index contributed by atoms with van der Waals surface area (Å²) in [5, 5.41) is 5.05. The van der Waals surface area contributed by atoms with Crippen molar-refractivity contribution >= 4 is 17.1 Å². The smallest absolute Gasteiger partial charge is 0.282 e. The Morgan fingerprint density at radius 2 is 1.85 bits per heavy atom. The summed E-state index contributed by atoms with van der Waals surface area (Å²) in [6.45, 7) is 2.69. The SMILES string of the molecule is COc1ccc(/C=N/n2c(CN3CCCC3)nc3ccccc3c2=O)cc1. The van der Waals surface area contributed by atoms with Crippen LogP contribution in [0.3, 0.4) is 0 Å². The molecule has 1 aliphatic heterocycles. The fraction of sp³-hybridized carbons (Fsp3) is 0.286. The first-order chi connectivity index (χ1) is 13.2. The molecule has 0 N–H and O–H groups in total. The topological polar surface area (TPSA) is 59.7 Å². The first kappa shape index (κ1) is 17.4. The molecular weight excluding hydrogens is 340 g/mol. The lowest BCUT2D eigenvalue weighted by Gasteiger charge is -2.16. The number of para-hydroxylation sites is 1. The Labute approximate surface area is 157 Å². The van der Waals surface area contributed by atoms with Crippen LogP contribution < -0.4 is 10.3 Å². The van der Waals surface area contributed by atoms with Gasteiger partial charge in [0.1, 0.15) is 11.6 Å². The summed E-state index contributed by atoms with van der Waals surface area (Å²) in [6, 6.07) is 15.0. The molecule has 0 spiro atoms. The van der Waals surface area contributed by atoms with Gasteiger partial charge in [-0.3, -0.25) is 9.69 Å². The van der Waals surface area contributed by atoms with Gasteiger partial charge < -0.3 is 4.74 Å². The maximum Gasteiger partial charge on any atom is 0.282 e. The number of methoxy groups -OCH3 is 1. The van der Waals surface area contributed by atoms with Crippen LogP contribution in [0.25, 0.3) is 10.9 Å². The van der Waals surface area contributed by atoms with E-state index < -0.39 is 0 Å². The van der Waals surface area contributed by atoms with Crippen LogP contribution in [-0.4, -0.2) is 41.0 Å². The number of ether oxygens (including phenoxy) is 1. The highest BCUT2D eigenvalue weighted by molar-refractivity contribution is 5.80. The van der Waals surface area contributed by atoms with Crippen molar-refractivity contribution in [2.75, 3.05) is 20.2 Å². The van der Waals surface area contributed by atoms with E-state index in [0.29, 0.717) is 23.3 Å². The van der Waals surface area contributed by atoms with Crippen molar-refractivity contribution in [2.24, 2.45) is 5.10 Å². The van der Waals surface area contributed by atoms with Gasteiger partial charge in [0.25, 0.3) is 5.56 Å². The second-order valence-electron chi connectivity index (χ2n) is 6.66. The Balaban J connectivity index is 1.74. The maximum atomic E-state index is 13.0. The first-order valence-electron chi connectivity index (χ1n) is 9.16. The van der Waals surface area contributed by atoms with E-state index >= 15 is 0 Å². The van der Waals surface area contributed by atoms with Crippen LogP contribution in [0.5, 0.6) is 5.75 Å². The van der Waals surface area contributed by atoms with Gasteiger partial charge in [-0.1, -0.05) is 12.1 Å². The molecule has 3 aromatic rings. The van der Waals surface area contributed by atoms with Crippen LogP contribution in [0.4, 0.5) is 0 Å². The van der Waals surface area contributed by atoms with Crippen LogP contribution in [0.2, 0.25) is 0 Å². The molecule has 4 rings (SSSR count). The predicted molar refractivity (Wildman–Crippen MR) is 107 cm³/mol. The van der Waals surface area contributed by atoms with Crippen molar-refractivity contribution < 1.29 is 4.74 Å². The third-order valence-electron chi connectivity index (χ3n) is 4.82. The van der Waals surface area contributed by atoms with Crippen LogP contribution in [0.15, 0.2) is 58.4 Å². The fourth-order valence-electron chi connectivity index (χ4n) is 3.35. The maximum absolute atomic E-state index is 13.0. The van der Waals surface area contributed by atoms with Gasteiger partial charge in [-0.15, -0.1) is 0 Å². The largest absolute Gasteiger partial charge is 0.497 e. The summed E-state index contributed by atoms with van der Waals surface area (Å²) >= 11 is 0. The summed E-state index contributed by atoms with van der Waals surface area (Å²) in [7, 11) is 1.63. The Kier molecular flexibility index (Phi) is 4.98. The number of fused-ring (bicyclic) bond motifs is 1. The molecule has 6 nitrogen and oxygen atoms in total. The molecule has 0 unspecified atom stereocenters. The van der Waals surface area contributed by atoms with Crippen LogP contribution in [-0.2, 0) is 6.54 Å². The normalized spacial score (nSPS) is 15.0. The lowest BCUT2D eigenvalue weighted by atomic mass is 10.2. The van der Waals surface area contributed by atoms with Gasteiger partial charge >= 0.3 is 0 Å². The molecule has 0 atom stereocenters. The predicted octanol–water partition coefficient (Wildman–Crippen LogP) is 2.88. The third kappa shape index (κ3) is 3.75. The van der Waals surface area contributed by atoms with Gasteiger partial charge in [-0.25, -0.2) is 4.98 Å². The fourth-order valence-corrected chi connectivity index (χ4v) is 3.35. The van der Waals surface area contributed by atoms with Crippen LogP contribution >= 0.6 is 0 Å². The lowest BCUT2D eigenvalue weighted by molar-refractivity contribution is 0.316. The number of nitrogens with zero attached hydrogens (tertiary/aromatic N) is 4. The summed E-state index contributed by atoms with van der Waals surface area (Å²) in [5.74, 6) is 1.46. The number of benzene rings is 2. The summed E-state index contributed by atoms with van der Waals surface area (Å²) in [5.41, 5.74) is 1.47. The van der Waals surface area contributed by atoms with Crippen molar-refractivity contribution in [1.82, 2.24) is 14.6 Å². The van der Waals surface area contributed by atoms with Gasteiger partial charge in [0.15, 0.2) is 0 Å². The zero-order valence-corrected chi connectivity index (χ0v) is 15.3. The second kappa shape index (κ2) is 7.72. The highest BCUT2D eigenvalue weighted by Crippen LogP contribution is 2.14. The van der Waals surface area contributed by atoms with Crippen LogP contribution in [0.1, 0.15) is 24.2 Å². The number of rotatable bonds is 5. The highest BCUT2D eigenvalue weighted by Gasteiger charge is 2.17. The van der Waals surface area contributed by atoms with E-state index in [9.17, 15) is 4.79 Å². The third-order valence-corrected chi connectivity index (χ3v) is 4.82. The zero-order chi connectivity index (χ0) is 18.6. The molecule has 1 saturated heterocycles. The van der Waals surface area contributed by atoms with E-state index in [1.165, 1.54) is 17.5 Å². The number of hydrogen-bond acceptors (Lipinski definition) is 5.